The maximum atomic E-state index is 5.73. The first-order valence-corrected chi connectivity index (χ1v) is 5.49. The van der Waals surface area contributed by atoms with E-state index in [9.17, 15) is 0 Å². The molecule has 70 valence electrons. The molecule has 0 radical (unpaired) electrons. The van der Waals surface area contributed by atoms with E-state index in [0.29, 0.717) is 5.88 Å². The van der Waals surface area contributed by atoms with Gasteiger partial charge in [0.15, 0.2) is 0 Å². The van der Waals surface area contributed by atoms with Crippen molar-refractivity contribution in [2.24, 2.45) is 11.8 Å². The van der Waals surface area contributed by atoms with Crippen molar-refractivity contribution in [2.45, 2.75) is 39.5 Å². The minimum absolute atomic E-state index is 0.700. The molecule has 0 nitrogen and oxygen atoms in total. The zero-order chi connectivity index (χ0) is 8.97. The maximum Gasteiger partial charge on any atom is 0.0430 e. The Balaban J connectivity index is 2.35. The summed E-state index contributed by atoms with van der Waals surface area (Å²) in [6.45, 7) is 4.49. The number of hydrogen-bond donors (Lipinski definition) is 0. The van der Waals surface area contributed by atoms with E-state index >= 15 is 0 Å². The van der Waals surface area contributed by atoms with Gasteiger partial charge in [-0.05, 0) is 31.6 Å². The van der Waals surface area contributed by atoms with Crippen molar-refractivity contribution < 1.29 is 0 Å². The van der Waals surface area contributed by atoms with Gasteiger partial charge in [-0.2, -0.15) is 0 Å². The fraction of sp³-hybridized carbons (Fsp3) is 0.818. The second kappa shape index (κ2) is 4.91. The fourth-order valence-electron chi connectivity index (χ4n) is 1.90. The van der Waals surface area contributed by atoms with Crippen LogP contribution in [0.1, 0.15) is 39.5 Å². The number of allylic oxidation sites excluding steroid dienone is 2. The summed E-state index contributed by atoms with van der Waals surface area (Å²) in [4.78, 5) is 0. The lowest BCUT2D eigenvalue weighted by molar-refractivity contribution is 0.330. The van der Waals surface area contributed by atoms with Crippen LogP contribution in [0.4, 0.5) is 0 Å². The predicted molar refractivity (Wildman–Crippen MR) is 55.6 cm³/mol. The van der Waals surface area contributed by atoms with Crippen molar-refractivity contribution in [3.8, 4) is 0 Å². The lowest BCUT2D eigenvalue weighted by Gasteiger charge is -2.24. The zero-order valence-electron chi connectivity index (χ0n) is 8.15. The van der Waals surface area contributed by atoms with Gasteiger partial charge in [0.2, 0.25) is 0 Å². The van der Waals surface area contributed by atoms with Crippen molar-refractivity contribution >= 4 is 11.6 Å². The molecule has 0 bridgehead atoms. The smallest absolute Gasteiger partial charge is 0.0430 e. The first-order chi connectivity index (χ1) is 5.72. The van der Waals surface area contributed by atoms with Gasteiger partial charge >= 0.3 is 0 Å². The summed E-state index contributed by atoms with van der Waals surface area (Å²) in [7, 11) is 0. The predicted octanol–water partition coefficient (Wildman–Crippen LogP) is 4.00. The van der Waals surface area contributed by atoms with Gasteiger partial charge in [0.05, 0.1) is 0 Å². The minimum atomic E-state index is 0.700. The molecule has 1 fully saturated rings. The van der Waals surface area contributed by atoms with Crippen molar-refractivity contribution in [3.63, 3.8) is 0 Å². The Kier molecular flexibility index (Phi) is 4.14. The molecule has 0 aromatic carbocycles. The average molecular weight is 187 g/mol. The number of halogens is 1. The number of alkyl halides is 1. The first kappa shape index (κ1) is 10.1. The second-order valence-electron chi connectivity index (χ2n) is 4.17. The van der Waals surface area contributed by atoms with Gasteiger partial charge in [0, 0.05) is 5.88 Å². The van der Waals surface area contributed by atoms with E-state index in [1.54, 1.807) is 0 Å². The van der Waals surface area contributed by atoms with Gasteiger partial charge in [-0.25, -0.2) is 0 Å². The lowest BCUT2D eigenvalue weighted by atomic mass is 9.82. The highest BCUT2D eigenvalue weighted by atomic mass is 35.5. The van der Waals surface area contributed by atoms with Crippen molar-refractivity contribution in [1.29, 1.82) is 0 Å². The molecule has 0 saturated heterocycles. The van der Waals surface area contributed by atoms with Crippen LogP contribution in [0.3, 0.4) is 0 Å². The third-order valence-corrected chi connectivity index (χ3v) is 3.21. The van der Waals surface area contributed by atoms with Crippen LogP contribution in [0, 0.1) is 11.8 Å². The van der Waals surface area contributed by atoms with Crippen LogP contribution < -0.4 is 0 Å². The number of rotatable bonds is 2. The lowest BCUT2D eigenvalue weighted by Crippen LogP contribution is -2.10. The maximum absolute atomic E-state index is 5.73. The summed E-state index contributed by atoms with van der Waals surface area (Å²) in [6, 6.07) is 0. The largest absolute Gasteiger partial charge is 0.122 e. The quantitative estimate of drug-likeness (QED) is 0.452. The Morgan fingerprint density at radius 1 is 1.33 bits per heavy atom. The molecule has 1 rings (SSSR count). The number of hydrogen-bond acceptors (Lipinski definition) is 0. The normalized spacial score (nSPS) is 32.1. The van der Waals surface area contributed by atoms with Gasteiger partial charge in [-0.15, -0.1) is 11.6 Å². The summed E-state index contributed by atoms with van der Waals surface area (Å²) >= 11 is 5.73. The van der Waals surface area contributed by atoms with Gasteiger partial charge in [0.1, 0.15) is 0 Å². The fourth-order valence-corrected chi connectivity index (χ4v) is 1.99. The van der Waals surface area contributed by atoms with Gasteiger partial charge < -0.3 is 0 Å². The van der Waals surface area contributed by atoms with E-state index < -0.39 is 0 Å². The summed E-state index contributed by atoms with van der Waals surface area (Å²) in [6.07, 6.45) is 7.91. The molecule has 12 heavy (non-hydrogen) atoms. The SMILES string of the molecule is CC(=CC1CCC(C)CC1)CCl. The topological polar surface area (TPSA) is 0 Å². The highest BCUT2D eigenvalue weighted by Gasteiger charge is 2.15. The molecule has 1 saturated carbocycles. The third-order valence-electron chi connectivity index (χ3n) is 2.79. The molecule has 0 heterocycles. The zero-order valence-corrected chi connectivity index (χ0v) is 8.90. The van der Waals surface area contributed by atoms with Crippen molar-refractivity contribution in [3.05, 3.63) is 11.6 Å². The summed E-state index contributed by atoms with van der Waals surface area (Å²) in [5.74, 6) is 2.47. The molecular weight excluding hydrogens is 168 g/mol. The Labute approximate surface area is 81.0 Å². The molecule has 0 aliphatic heterocycles. The van der Waals surface area contributed by atoms with Crippen LogP contribution in [0.15, 0.2) is 11.6 Å². The van der Waals surface area contributed by atoms with Crippen molar-refractivity contribution in [2.75, 3.05) is 5.88 Å². The summed E-state index contributed by atoms with van der Waals surface area (Å²) in [5.41, 5.74) is 1.34. The van der Waals surface area contributed by atoms with E-state index in [1.165, 1.54) is 31.3 Å². The Bertz CT molecular complexity index is 152. The van der Waals surface area contributed by atoms with Crippen LogP contribution in [-0.4, -0.2) is 5.88 Å². The van der Waals surface area contributed by atoms with Crippen LogP contribution in [0.25, 0.3) is 0 Å². The molecule has 0 spiro atoms. The van der Waals surface area contributed by atoms with Crippen LogP contribution in [0.5, 0.6) is 0 Å². The Hall–Kier alpha value is 0.0300. The van der Waals surface area contributed by atoms with Crippen LogP contribution in [0.2, 0.25) is 0 Å². The molecule has 0 aromatic rings. The molecule has 1 heteroatoms. The van der Waals surface area contributed by atoms with E-state index in [2.05, 4.69) is 19.9 Å². The molecule has 0 unspecified atom stereocenters. The van der Waals surface area contributed by atoms with Gasteiger partial charge in [-0.1, -0.05) is 31.4 Å². The third kappa shape index (κ3) is 3.18. The standard InChI is InChI=1S/C11H19Cl/c1-9-3-5-11(6-4-9)7-10(2)8-12/h7,9,11H,3-6,8H2,1-2H3. The summed E-state index contributed by atoms with van der Waals surface area (Å²) in [5, 5.41) is 0. The average Bonchev–Trinajstić information content (AvgIpc) is 2.09. The Morgan fingerprint density at radius 3 is 2.42 bits per heavy atom. The second-order valence-corrected chi connectivity index (χ2v) is 4.43. The molecule has 0 N–H and O–H groups in total. The van der Waals surface area contributed by atoms with Crippen LogP contribution >= 0.6 is 11.6 Å². The molecule has 0 atom stereocenters. The molecule has 0 amide bonds. The van der Waals surface area contributed by atoms with E-state index in [4.69, 9.17) is 11.6 Å². The van der Waals surface area contributed by atoms with E-state index in [-0.39, 0.29) is 0 Å². The highest BCUT2D eigenvalue weighted by molar-refractivity contribution is 6.19. The molecule has 0 aromatic heterocycles. The minimum Gasteiger partial charge on any atom is -0.122 e. The molecule has 1 aliphatic carbocycles. The van der Waals surface area contributed by atoms with E-state index in [0.717, 1.165) is 11.8 Å². The van der Waals surface area contributed by atoms with Gasteiger partial charge in [0.25, 0.3) is 0 Å². The van der Waals surface area contributed by atoms with Gasteiger partial charge in [-0.3, -0.25) is 0 Å². The summed E-state index contributed by atoms with van der Waals surface area (Å²) < 4.78 is 0. The monoisotopic (exact) mass is 186 g/mol. The van der Waals surface area contributed by atoms with E-state index in [1.807, 2.05) is 0 Å². The Morgan fingerprint density at radius 2 is 1.92 bits per heavy atom. The van der Waals surface area contributed by atoms with Crippen molar-refractivity contribution in [1.82, 2.24) is 0 Å². The first-order valence-electron chi connectivity index (χ1n) is 4.95. The van der Waals surface area contributed by atoms with Crippen LogP contribution in [-0.2, 0) is 0 Å². The highest BCUT2D eigenvalue weighted by Crippen LogP contribution is 2.29. The molecule has 1 aliphatic rings. The molecular formula is C11H19Cl.